The van der Waals surface area contributed by atoms with E-state index in [1.165, 1.54) is 22.7 Å². The summed E-state index contributed by atoms with van der Waals surface area (Å²) < 4.78 is 43.4. The maximum absolute atomic E-state index is 15.2. The van der Waals surface area contributed by atoms with Crippen molar-refractivity contribution in [1.82, 2.24) is 0 Å². The number of aliphatic carboxylic acids is 1. The lowest BCUT2D eigenvalue weighted by Crippen LogP contribution is -2.51. The SMILES string of the molecule is CCC(C)C(=O)OC(C)(C)CCC(C)(C)OC(=O)C(C)CC1C2CC(CC2C(=O)OCCO[Si]2(C)C[SiH](C)C[SiH](C)C[SiH](C)C2)C1C1C(=O)OC(=O)C1C1C2CC(CC2C(=O)OC(C)(C)C)C1C1C(C)C2CC1C(C(=O)OCC(CC)(CC)CO)C2C(=O)O. The normalized spacial score (nSPS) is 38.4. The van der Waals surface area contributed by atoms with Gasteiger partial charge >= 0.3 is 47.8 Å². The highest BCUT2D eigenvalue weighted by atomic mass is 28.4. The number of carboxylic acids is 1. The summed E-state index contributed by atoms with van der Waals surface area (Å²) in [6.07, 6.45) is 5.39. The first-order chi connectivity index (χ1) is 41.5. The fraction of sp³-hybridized carbons (Fsp3) is 0.882. The van der Waals surface area contributed by atoms with Crippen LogP contribution in [0.15, 0.2) is 0 Å². The first-order valence-corrected chi connectivity index (χ1v) is 45.9. The van der Waals surface area contributed by atoms with Gasteiger partial charge in [0, 0.05) is 31.8 Å². The van der Waals surface area contributed by atoms with E-state index in [4.69, 9.17) is 32.8 Å². The van der Waals surface area contributed by atoms with E-state index < -0.39 is 158 Å². The fourth-order valence-electron chi connectivity index (χ4n) is 20.3. The van der Waals surface area contributed by atoms with Gasteiger partial charge in [-0.3, -0.25) is 38.4 Å². The predicted octanol–water partition coefficient (Wildman–Crippen LogP) is 10.4. The maximum Gasteiger partial charge on any atom is 0.317 e. The second kappa shape index (κ2) is 28.0. The molecule has 0 spiro atoms. The molecule has 2 heterocycles. The molecule has 21 heteroatoms. The van der Waals surface area contributed by atoms with Gasteiger partial charge in [0.25, 0.3) is 0 Å². The molecule has 0 aromatic carbocycles. The summed E-state index contributed by atoms with van der Waals surface area (Å²) in [7, 11) is -4.38. The summed E-state index contributed by atoms with van der Waals surface area (Å²) in [4.78, 5) is 115. The molecule has 6 bridgehead atoms. The van der Waals surface area contributed by atoms with Gasteiger partial charge in [0.15, 0.2) is 8.32 Å². The number of aliphatic hydroxyl groups excluding tert-OH is 1. The molecule has 8 rings (SSSR count). The number of carboxylic acid groups (broad SMARTS) is 1. The number of carbonyl (C=O) groups is 8. The van der Waals surface area contributed by atoms with E-state index in [2.05, 4.69) is 33.1 Å². The third-order valence-electron chi connectivity index (χ3n) is 24.4. The van der Waals surface area contributed by atoms with E-state index in [0.717, 1.165) is 0 Å². The highest BCUT2D eigenvalue weighted by Crippen LogP contribution is 2.71. The van der Waals surface area contributed by atoms with Crippen molar-refractivity contribution >= 4 is 82.5 Å². The first kappa shape index (κ1) is 71.6. The Kier molecular flexibility index (Phi) is 22.5. The summed E-state index contributed by atoms with van der Waals surface area (Å²) in [6.45, 7) is 34.6. The van der Waals surface area contributed by atoms with Crippen LogP contribution in [0.4, 0.5) is 0 Å². The van der Waals surface area contributed by atoms with Crippen LogP contribution in [0.3, 0.4) is 0 Å². The monoisotopic (exact) mass is 1310 g/mol. The summed E-state index contributed by atoms with van der Waals surface area (Å²) in [6, 6.07) is 0. The van der Waals surface area contributed by atoms with Gasteiger partial charge in [0.1, 0.15) is 23.4 Å². The predicted molar refractivity (Wildman–Crippen MR) is 347 cm³/mol. The van der Waals surface area contributed by atoms with Gasteiger partial charge in [-0.15, -0.1) is 0 Å². The fourth-order valence-corrected chi connectivity index (χ4v) is 53.6. The molecular formula is C68H114O17Si4. The standard InChI is InChI=1S/C68H114O17Si4/c1-18-37(4)58(72)84-66(10,11)21-22-67(12,13)85-59(73)38(5)25-44-43-26-40(28-46(43)60(74)79-23-24-81-89(17)35-87(15)33-86(14)34-88(16)36-89)50(44)55-56(64(78)82-63(55)77)52-45-27-41(29-47(45)61(75)83-65(7,8)9)51(52)49-39(6)42-30-48(49)54(53(42)57(70)71)62(76)80-32-68(19-2,20-3)31-69/h37-56,69,86-88H,18-36H2,1-17H3,(H,70,71). The lowest BCUT2D eigenvalue weighted by molar-refractivity contribution is -0.170. The van der Waals surface area contributed by atoms with E-state index in [1.807, 2.05) is 83.1 Å². The van der Waals surface area contributed by atoms with Gasteiger partial charge in [0.05, 0.1) is 67.2 Å². The average molecular weight is 1320 g/mol. The number of ether oxygens (including phenoxy) is 6. The van der Waals surface area contributed by atoms with Gasteiger partial charge in [-0.1, -0.05) is 72.5 Å². The van der Waals surface area contributed by atoms with Crippen molar-refractivity contribution in [3.63, 3.8) is 0 Å². The van der Waals surface area contributed by atoms with Crippen molar-refractivity contribution in [2.24, 2.45) is 124 Å². The van der Waals surface area contributed by atoms with Crippen LogP contribution in [-0.4, -0.2) is 136 Å². The molecular weight excluding hydrogens is 1200 g/mol. The molecule has 8 fully saturated rings. The number of cyclic esters (lactones) is 2. The minimum absolute atomic E-state index is 0.0500. The number of aliphatic hydroxyl groups is 1. The quantitative estimate of drug-likeness (QED) is 0.0269. The topological polar surface area (TPSA) is 242 Å². The van der Waals surface area contributed by atoms with Crippen molar-refractivity contribution in [3.05, 3.63) is 0 Å². The molecule has 2 aliphatic heterocycles. The van der Waals surface area contributed by atoms with Crippen LogP contribution in [0.1, 0.15) is 161 Å². The highest BCUT2D eigenvalue weighted by molar-refractivity contribution is 6.98. The van der Waals surface area contributed by atoms with Crippen molar-refractivity contribution < 1.29 is 81.4 Å². The molecule has 17 nitrogen and oxygen atoms in total. The van der Waals surface area contributed by atoms with E-state index in [0.29, 0.717) is 70.8 Å². The van der Waals surface area contributed by atoms with E-state index >= 15 is 9.59 Å². The van der Waals surface area contributed by atoms with Gasteiger partial charge in [-0.2, -0.15) is 0 Å². The summed E-state index contributed by atoms with van der Waals surface area (Å²) in [5, 5.41) is 21.3. The number of fused-ring (bicyclic) bond motifs is 6. The molecule has 6 aliphatic carbocycles. The van der Waals surface area contributed by atoms with Crippen LogP contribution in [0.2, 0.25) is 48.9 Å². The molecule has 2 saturated heterocycles. The first-order valence-electron chi connectivity index (χ1n) is 34.8. The zero-order valence-electron chi connectivity index (χ0n) is 57.2. The molecule has 0 aromatic heterocycles. The minimum Gasteiger partial charge on any atom is -0.481 e. The van der Waals surface area contributed by atoms with Crippen LogP contribution in [0.25, 0.3) is 0 Å². The molecule has 0 radical (unpaired) electrons. The molecule has 0 aromatic rings. The average Bonchev–Trinajstić information content (AvgIpc) is 1.54. The number of hydrogen-bond acceptors (Lipinski definition) is 16. The van der Waals surface area contributed by atoms with Gasteiger partial charge < -0.3 is 43.1 Å². The minimum atomic E-state index is -1.97. The van der Waals surface area contributed by atoms with Crippen LogP contribution in [0.5, 0.6) is 0 Å². The molecule has 8 aliphatic rings. The van der Waals surface area contributed by atoms with E-state index in [1.54, 1.807) is 0 Å². The second-order valence-electron chi connectivity index (χ2n) is 33.1. The number of rotatable bonds is 26. The Morgan fingerprint density at radius 2 is 1.17 bits per heavy atom. The molecule has 22 unspecified atom stereocenters. The molecule has 89 heavy (non-hydrogen) atoms. The van der Waals surface area contributed by atoms with Crippen molar-refractivity contribution in [1.29, 1.82) is 0 Å². The smallest absolute Gasteiger partial charge is 0.317 e. The molecule has 2 N–H and O–H groups in total. The number of hydrogen-bond donors (Lipinski definition) is 2. The van der Waals surface area contributed by atoms with E-state index in [9.17, 15) is 39.0 Å². The van der Waals surface area contributed by atoms with Crippen LogP contribution < -0.4 is 0 Å². The second-order valence-corrected chi connectivity index (χ2v) is 49.9. The molecule has 0 amide bonds. The van der Waals surface area contributed by atoms with Gasteiger partial charge in [0.2, 0.25) is 0 Å². The zero-order chi connectivity index (χ0) is 65.8. The van der Waals surface area contributed by atoms with Crippen molar-refractivity contribution in [2.75, 3.05) is 26.4 Å². The highest BCUT2D eigenvalue weighted by Gasteiger charge is 2.72. The van der Waals surface area contributed by atoms with Crippen LogP contribution in [-0.2, 0) is 71.2 Å². The van der Waals surface area contributed by atoms with Gasteiger partial charge in [-0.05, 0) is 208 Å². The molecule has 504 valence electrons. The Labute approximate surface area is 537 Å². The summed E-state index contributed by atoms with van der Waals surface area (Å²) >= 11 is 0. The third-order valence-corrected chi connectivity index (χ3v) is 50.7. The zero-order valence-corrected chi connectivity index (χ0v) is 61.7. The number of esters is 7. The Morgan fingerprint density at radius 3 is 1.71 bits per heavy atom. The van der Waals surface area contributed by atoms with E-state index in [-0.39, 0.29) is 91.5 Å². The Hall–Kier alpha value is -3.25. The van der Waals surface area contributed by atoms with Gasteiger partial charge in [-0.25, -0.2) is 0 Å². The summed E-state index contributed by atoms with van der Waals surface area (Å²) in [5.41, 5.74) is 2.25. The third kappa shape index (κ3) is 15.5. The van der Waals surface area contributed by atoms with Crippen molar-refractivity contribution in [2.45, 2.75) is 226 Å². The van der Waals surface area contributed by atoms with Crippen molar-refractivity contribution in [3.8, 4) is 0 Å². The molecule has 22 atom stereocenters. The Morgan fingerprint density at radius 1 is 0.629 bits per heavy atom. The maximum atomic E-state index is 15.2. The van der Waals surface area contributed by atoms with Crippen LogP contribution >= 0.6 is 0 Å². The number of carbonyl (C=O) groups excluding carboxylic acids is 7. The van der Waals surface area contributed by atoms with Crippen LogP contribution in [0, 0.1) is 124 Å². The molecule has 6 saturated carbocycles. The Bertz CT molecular complexity index is 2580. The largest absolute Gasteiger partial charge is 0.481 e. The summed E-state index contributed by atoms with van der Waals surface area (Å²) in [5.74, 6) is -14.4. The Balaban J connectivity index is 1.10. The lowest BCUT2D eigenvalue weighted by Gasteiger charge is -2.48. The lowest BCUT2D eigenvalue weighted by atomic mass is 9.54.